The zero-order chi connectivity index (χ0) is 12.4. The number of nitrogens with two attached hydrogens (primary N) is 1. The van der Waals surface area contributed by atoms with Gasteiger partial charge in [-0.3, -0.25) is 4.79 Å². The number of aromatic hydroxyl groups is 1. The van der Waals surface area contributed by atoms with E-state index >= 15 is 0 Å². The molecular formula is C12H15ClN2O2. The van der Waals surface area contributed by atoms with Crippen molar-refractivity contribution in [1.82, 2.24) is 0 Å². The molecule has 1 saturated carbocycles. The number of hydrogen-bond donors (Lipinski definition) is 3. The second-order valence-electron chi connectivity index (χ2n) is 4.31. The Bertz CT molecular complexity index is 442. The van der Waals surface area contributed by atoms with Gasteiger partial charge >= 0.3 is 0 Å². The number of halogens is 1. The molecule has 0 bridgehead atoms. The Labute approximate surface area is 105 Å². The van der Waals surface area contributed by atoms with Crippen LogP contribution in [0.3, 0.4) is 0 Å². The lowest BCUT2D eigenvalue weighted by Gasteiger charge is -2.16. The minimum absolute atomic E-state index is 0.0481. The van der Waals surface area contributed by atoms with Crippen molar-refractivity contribution in [2.75, 3.05) is 5.32 Å². The number of nitrogens with one attached hydrogen (secondary N) is 1. The first kappa shape index (κ1) is 12.0. The highest BCUT2D eigenvalue weighted by Crippen LogP contribution is 2.35. The zero-order valence-corrected chi connectivity index (χ0v) is 10.1. The summed E-state index contributed by atoms with van der Waals surface area (Å²) in [5.74, 6) is -0.932. The maximum Gasteiger partial charge on any atom is 0.252 e. The van der Waals surface area contributed by atoms with Crippen molar-refractivity contribution in [3.63, 3.8) is 0 Å². The summed E-state index contributed by atoms with van der Waals surface area (Å²) in [6.07, 6.45) is 4.63. The predicted molar refractivity (Wildman–Crippen MR) is 67.5 cm³/mol. The summed E-state index contributed by atoms with van der Waals surface area (Å²) in [6, 6.07) is 3.56. The van der Waals surface area contributed by atoms with E-state index in [1.165, 1.54) is 18.9 Å². The second kappa shape index (κ2) is 4.84. The summed E-state index contributed by atoms with van der Waals surface area (Å²) in [4.78, 5) is 11.0. The van der Waals surface area contributed by atoms with E-state index in [1.54, 1.807) is 6.07 Å². The molecule has 0 heterocycles. The molecular weight excluding hydrogens is 240 g/mol. The highest BCUT2D eigenvalue weighted by Gasteiger charge is 2.19. The smallest absolute Gasteiger partial charge is 0.252 e. The third-order valence-corrected chi connectivity index (χ3v) is 3.48. The number of benzene rings is 1. The van der Waals surface area contributed by atoms with Crippen molar-refractivity contribution in [2.24, 2.45) is 5.73 Å². The van der Waals surface area contributed by atoms with Gasteiger partial charge in [0.25, 0.3) is 5.91 Å². The zero-order valence-electron chi connectivity index (χ0n) is 9.37. The van der Waals surface area contributed by atoms with Crippen LogP contribution in [-0.4, -0.2) is 17.1 Å². The van der Waals surface area contributed by atoms with E-state index in [2.05, 4.69) is 5.32 Å². The largest absolute Gasteiger partial charge is 0.505 e. The number of phenols is 1. The molecule has 0 radical (unpaired) electrons. The molecule has 2 rings (SSSR count). The summed E-state index contributed by atoms with van der Waals surface area (Å²) in [6.45, 7) is 0. The van der Waals surface area contributed by atoms with Crippen LogP contribution in [0.5, 0.6) is 5.75 Å². The highest BCUT2D eigenvalue weighted by atomic mass is 35.5. The fourth-order valence-corrected chi connectivity index (χ4v) is 2.38. The molecule has 0 spiro atoms. The van der Waals surface area contributed by atoms with Gasteiger partial charge in [-0.2, -0.15) is 0 Å². The minimum atomic E-state index is -0.684. The number of amides is 1. The van der Waals surface area contributed by atoms with Crippen LogP contribution in [0.2, 0.25) is 5.02 Å². The number of carbonyl (C=O) groups is 1. The molecule has 17 heavy (non-hydrogen) atoms. The Morgan fingerprint density at radius 3 is 2.65 bits per heavy atom. The Hall–Kier alpha value is -1.42. The van der Waals surface area contributed by atoms with Crippen LogP contribution >= 0.6 is 11.6 Å². The van der Waals surface area contributed by atoms with E-state index < -0.39 is 5.91 Å². The molecule has 0 atom stereocenters. The van der Waals surface area contributed by atoms with Crippen molar-refractivity contribution >= 4 is 23.2 Å². The SMILES string of the molecule is NC(=O)c1ccc(NC2CCCC2)c(Cl)c1O. The average molecular weight is 255 g/mol. The molecule has 4 N–H and O–H groups in total. The highest BCUT2D eigenvalue weighted by molar-refractivity contribution is 6.35. The van der Waals surface area contributed by atoms with Crippen LogP contribution in [0.1, 0.15) is 36.0 Å². The Kier molecular flexibility index (Phi) is 3.43. The van der Waals surface area contributed by atoms with Gasteiger partial charge in [0.2, 0.25) is 0 Å². The van der Waals surface area contributed by atoms with E-state index in [1.807, 2.05) is 0 Å². The summed E-state index contributed by atoms with van der Waals surface area (Å²) in [7, 11) is 0. The Morgan fingerprint density at radius 1 is 1.41 bits per heavy atom. The van der Waals surface area contributed by atoms with Crippen molar-refractivity contribution < 1.29 is 9.90 Å². The first-order chi connectivity index (χ1) is 8.09. The molecule has 5 heteroatoms. The molecule has 0 aliphatic heterocycles. The number of hydrogen-bond acceptors (Lipinski definition) is 3. The van der Waals surface area contributed by atoms with Gasteiger partial charge in [0.1, 0.15) is 10.8 Å². The minimum Gasteiger partial charge on any atom is -0.505 e. The molecule has 0 saturated heterocycles. The van der Waals surface area contributed by atoms with Gasteiger partial charge in [0, 0.05) is 6.04 Å². The van der Waals surface area contributed by atoms with Crippen molar-refractivity contribution in [2.45, 2.75) is 31.7 Å². The lowest BCUT2D eigenvalue weighted by molar-refractivity contribution is 0.0998. The number of primary amides is 1. The lowest BCUT2D eigenvalue weighted by Crippen LogP contribution is -2.16. The van der Waals surface area contributed by atoms with Gasteiger partial charge in [-0.1, -0.05) is 24.4 Å². The van der Waals surface area contributed by atoms with Gasteiger partial charge in [-0.25, -0.2) is 0 Å². The van der Waals surface area contributed by atoms with E-state index in [-0.39, 0.29) is 16.3 Å². The quantitative estimate of drug-likeness (QED) is 0.776. The predicted octanol–water partition coefficient (Wildman–Crippen LogP) is 2.50. The number of rotatable bonds is 3. The van der Waals surface area contributed by atoms with Gasteiger partial charge in [0.05, 0.1) is 11.3 Å². The van der Waals surface area contributed by atoms with Crippen molar-refractivity contribution in [3.05, 3.63) is 22.7 Å². The standard InChI is InChI=1S/C12H15ClN2O2/c13-10-9(15-7-3-1-2-4-7)6-5-8(11(10)16)12(14)17/h5-7,15-16H,1-4H2,(H2,14,17). The van der Waals surface area contributed by atoms with Gasteiger partial charge in [0.15, 0.2) is 0 Å². The Balaban J connectivity index is 2.23. The first-order valence-electron chi connectivity index (χ1n) is 5.67. The lowest BCUT2D eigenvalue weighted by atomic mass is 10.1. The molecule has 1 aliphatic rings. The monoisotopic (exact) mass is 254 g/mol. The third kappa shape index (κ3) is 2.47. The summed E-state index contributed by atoms with van der Waals surface area (Å²) < 4.78 is 0. The third-order valence-electron chi connectivity index (χ3n) is 3.10. The van der Waals surface area contributed by atoms with Crippen LogP contribution in [0, 0.1) is 0 Å². The Morgan fingerprint density at radius 2 is 2.06 bits per heavy atom. The van der Waals surface area contributed by atoms with Crippen molar-refractivity contribution in [3.8, 4) is 5.75 Å². The second-order valence-corrected chi connectivity index (χ2v) is 4.69. The molecule has 1 amide bonds. The van der Waals surface area contributed by atoms with Gasteiger partial charge in [-0.15, -0.1) is 0 Å². The molecule has 1 aromatic carbocycles. The fourth-order valence-electron chi connectivity index (χ4n) is 2.16. The molecule has 0 aromatic heterocycles. The molecule has 92 valence electrons. The molecule has 1 fully saturated rings. The molecule has 4 nitrogen and oxygen atoms in total. The van der Waals surface area contributed by atoms with Crippen LogP contribution in [0.15, 0.2) is 12.1 Å². The van der Waals surface area contributed by atoms with E-state index in [0.29, 0.717) is 11.7 Å². The molecule has 0 unspecified atom stereocenters. The number of carbonyl (C=O) groups excluding carboxylic acids is 1. The summed E-state index contributed by atoms with van der Waals surface area (Å²) in [5, 5.41) is 13.2. The molecule has 1 aromatic rings. The summed E-state index contributed by atoms with van der Waals surface area (Å²) >= 11 is 6.00. The average Bonchev–Trinajstić information content (AvgIpc) is 2.77. The van der Waals surface area contributed by atoms with Crippen LogP contribution in [0.25, 0.3) is 0 Å². The van der Waals surface area contributed by atoms with E-state index in [0.717, 1.165) is 12.8 Å². The van der Waals surface area contributed by atoms with Crippen molar-refractivity contribution in [1.29, 1.82) is 0 Å². The van der Waals surface area contributed by atoms with Gasteiger partial charge in [-0.05, 0) is 25.0 Å². The maximum absolute atomic E-state index is 11.0. The fraction of sp³-hybridized carbons (Fsp3) is 0.417. The van der Waals surface area contributed by atoms with E-state index in [4.69, 9.17) is 17.3 Å². The van der Waals surface area contributed by atoms with Crippen LogP contribution in [-0.2, 0) is 0 Å². The molecule has 1 aliphatic carbocycles. The van der Waals surface area contributed by atoms with Crippen LogP contribution in [0.4, 0.5) is 5.69 Å². The first-order valence-corrected chi connectivity index (χ1v) is 6.05. The van der Waals surface area contributed by atoms with Gasteiger partial charge < -0.3 is 16.2 Å². The normalized spacial score (nSPS) is 16.1. The topological polar surface area (TPSA) is 75.4 Å². The summed E-state index contributed by atoms with van der Waals surface area (Å²) in [5.41, 5.74) is 5.82. The van der Waals surface area contributed by atoms with E-state index in [9.17, 15) is 9.90 Å². The number of anilines is 1. The maximum atomic E-state index is 11.0. The van der Waals surface area contributed by atoms with Crippen LogP contribution < -0.4 is 11.1 Å².